The minimum atomic E-state index is -0.563. The Hall–Kier alpha value is -3.06. The van der Waals surface area contributed by atoms with Gasteiger partial charge in [-0.3, -0.25) is 20.2 Å². The van der Waals surface area contributed by atoms with Crippen LogP contribution in [0, 0.1) is 10.1 Å². The van der Waals surface area contributed by atoms with Gasteiger partial charge in [0, 0.05) is 22.9 Å². The van der Waals surface area contributed by atoms with Crippen molar-refractivity contribution in [3.05, 3.63) is 74.6 Å². The molecule has 118 valence electrons. The van der Waals surface area contributed by atoms with E-state index in [1.165, 1.54) is 35.1 Å². The zero-order valence-electron chi connectivity index (χ0n) is 12.4. The lowest BCUT2D eigenvalue weighted by Crippen LogP contribution is -2.13. The van der Waals surface area contributed by atoms with Crippen molar-refractivity contribution >= 4 is 28.1 Å². The Kier molecular flexibility index (Phi) is 3.35. The fourth-order valence-electron chi connectivity index (χ4n) is 2.80. The van der Waals surface area contributed by atoms with E-state index in [4.69, 9.17) is 0 Å². The Labute approximate surface area is 140 Å². The molecule has 0 aliphatic heterocycles. The number of rotatable bonds is 3. The molecule has 6 nitrogen and oxygen atoms in total. The van der Waals surface area contributed by atoms with Crippen molar-refractivity contribution in [3.63, 3.8) is 0 Å². The second-order valence-corrected chi connectivity index (χ2v) is 6.44. The fourth-order valence-corrected chi connectivity index (χ4v) is 3.80. The molecule has 4 rings (SSSR count). The zero-order chi connectivity index (χ0) is 16.7. The van der Waals surface area contributed by atoms with Gasteiger partial charge in [-0.1, -0.05) is 36.4 Å². The number of nitro benzene ring substituents is 1. The van der Waals surface area contributed by atoms with Crippen molar-refractivity contribution in [2.45, 2.75) is 6.42 Å². The predicted octanol–water partition coefficient (Wildman–Crippen LogP) is 3.87. The average Bonchev–Trinajstić information content (AvgIpc) is 3.11. The molecule has 0 saturated heterocycles. The van der Waals surface area contributed by atoms with Crippen molar-refractivity contribution in [3.8, 4) is 11.3 Å². The summed E-state index contributed by atoms with van der Waals surface area (Å²) in [6.45, 7) is 0. The topological polar surface area (TPSA) is 85.1 Å². The maximum absolute atomic E-state index is 12.4. The lowest BCUT2D eigenvalue weighted by molar-refractivity contribution is -0.385. The van der Waals surface area contributed by atoms with E-state index >= 15 is 0 Å². The Bertz CT molecular complexity index is 981. The third kappa shape index (κ3) is 2.35. The van der Waals surface area contributed by atoms with E-state index < -0.39 is 10.8 Å². The highest BCUT2D eigenvalue weighted by atomic mass is 32.1. The van der Waals surface area contributed by atoms with Crippen LogP contribution >= 0.6 is 11.3 Å². The van der Waals surface area contributed by atoms with Gasteiger partial charge in [0.2, 0.25) is 0 Å². The summed E-state index contributed by atoms with van der Waals surface area (Å²) in [4.78, 5) is 28.4. The Balaban J connectivity index is 1.63. The number of anilines is 1. The molecular weight excluding hydrogens is 326 g/mol. The number of nitrogens with one attached hydrogen (secondary N) is 1. The summed E-state index contributed by atoms with van der Waals surface area (Å²) in [5.74, 6) is -0.525. The molecule has 0 bridgehead atoms. The molecule has 1 heterocycles. The van der Waals surface area contributed by atoms with Crippen LogP contribution in [0.1, 0.15) is 20.8 Å². The van der Waals surface area contributed by atoms with Gasteiger partial charge in [-0.05, 0) is 11.6 Å². The zero-order valence-corrected chi connectivity index (χ0v) is 13.2. The Morgan fingerprint density at radius 2 is 1.92 bits per heavy atom. The van der Waals surface area contributed by atoms with Gasteiger partial charge >= 0.3 is 0 Å². The molecule has 2 aromatic carbocycles. The minimum absolute atomic E-state index is 0.0262. The molecule has 0 atom stereocenters. The number of hydrogen-bond donors (Lipinski definition) is 1. The van der Waals surface area contributed by atoms with Crippen molar-refractivity contribution in [1.82, 2.24) is 4.98 Å². The number of hydrogen-bond acceptors (Lipinski definition) is 5. The van der Waals surface area contributed by atoms with E-state index in [1.54, 1.807) is 6.07 Å². The van der Waals surface area contributed by atoms with Crippen LogP contribution in [0.4, 0.5) is 10.8 Å². The SMILES string of the molecule is O=C(Nc1nc2c(s1)Cc1ccccc1-2)c1ccccc1[N+](=O)[O-]. The summed E-state index contributed by atoms with van der Waals surface area (Å²) >= 11 is 1.40. The Morgan fingerprint density at radius 1 is 1.17 bits per heavy atom. The molecule has 1 aromatic heterocycles. The summed E-state index contributed by atoms with van der Waals surface area (Å²) in [5, 5.41) is 14.2. The van der Waals surface area contributed by atoms with E-state index in [2.05, 4.69) is 16.4 Å². The van der Waals surface area contributed by atoms with Crippen LogP contribution in [0.25, 0.3) is 11.3 Å². The van der Waals surface area contributed by atoms with Gasteiger partial charge in [-0.15, -0.1) is 11.3 Å². The van der Waals surface area contributed by atoms with Crippen LogP contribution in [0.3, 0.4) is 0 Å². The summed E-state index contributed by atoms with van der Waals surface area (Å²) in [5.41, 5.74) is 2.99. The number of fused-ring (bicyclic) bond motifs is 3. The van der Waals surface area contributed by atoms with Gasteiger partial charge in [0.25, 0.3) is 11.6 Å². The standard InChI is InChI=1S/C17H11N3O3S/c21-16(12-7-3-4-8-13(12)20(22)23)19-17-18-15-11-6-2-1-5-10(11)9-14(15)24-17/h1-8H,9H2,(H,18,19,21). The van der Waals surface area contributed by atoms with Crippen LogP contribution in [-0.2, 0) is 6.42 Å². The highest BCUT2D eigenvalue weighted by Crippen LogP contribution is 2.40. The number of nitrogens with zero attached hydrogens (tertiary/aromatic N) is 2. The number of carbonyl (C=O) groups is 1. The second kappa shape index (κ2) is 5.54. The second-order valence-electron chi connectivity index (χ2n) is 5.35. The number of benzene rings is 2. The monoisotopic (exact) mass is 337 g/mol. The van der Waals surface area contributed by atoms with E-state index in [9.17, 15) is 14.9 Å². The number of carbonyl (C=O) groups excluding carboxylic acids is 1. The fraction of sp³-hybridized carbons (Fsp3) is 0.0588. The van der Waals surface area contributed by atoms with Crippen molar-refractivity contribution in [1.29, 1.82) is 0 Å². The maximum atomic E-state index is 12.4. The lowest BCUT2D eigenvalue weighted by atomic mass is 10.1. The quantitative estimate of drug-likeness (QED) is 0.454. The van der Waals surface area contributed by atoms with Crippen LogP contribution in [0.2, 0.25) is 0 Å². The van der Waals surface area contributed by atoms with Gasteiger partial charge < -0.3 is 0 Å². The first kappa shape index (κ1) is 14.5. The minimum Gasteiger partial charge on any atom is -0.298 e. The maximum Gasteiger partial charge on any atom is 0.282 e. The molecule has 0 spiro atoms. The van der Waals surface area contributed by atoms with Gasteiger partial charge in [-0.25, -0.2) is 4.98 Å². The molecule has 3 aromatic rings. The van der Waals surface area contributed by atoms with E-state index in [0.717, 1.165) is 22.6 Å². The highest BCUT2D eigenvalue weighted by Gasteiger charge is 2.25. The molecule has 0 radical (unpaired) electrons. The number of nitro groups is 1. The Morgan fingerprint density at radius 3 is 2.75 bits per heavy atom. The van der Waals surface area contributed by atoms with Gasteiger partial charge in [-0.2, -0.15) is 0 Å². The molecule has 0 fully saturated rings. The van der Waals surface area contributed by atoms with Crippen LogP contribution in [0.15, 0.2) is 48.5 Å². The van der Waals surface area contributed by atoms with E-state index in [0.29, 0.717) is 5.13 Å². The van der Waals surface area contributed by atoms with Crippen LogP contribution in [0.5, 0.6) is 0 Å². The van der Waals surface area contributed by atoms with Gasteiger partial charge in [0.05, 0.1) is 10.6 Å². The summed E-state index contributed by atoms with van der Waals surface area (Å²) in [6, 6.07) is 13.9. The van der Waals surface area contributed by atoms with Gasteiger partial charge in [0.15, 0.2) is 5.13 Å². The number of amides is 1. The van der Waals surface area contributed by atoms with E-state index in [-0.39, 0.29) is 11.3 Å². The summed E-state index contributed by atoms with van der Waals surface area (Å²) in [6.07, 6.45) is 0.796. The molecule has 1 aliphatic rings. The highest BCUT2D eigenvalue weighted by molar-refractivity contribution is 7.16. The summed E-state index contributed by atoms with van der Waals surface area (Å²) < 4.78 is 0. The molecule has 0 saturated carbocycles. The molecular formula is C17H11N3O3S. The molecule has 1 amide bonds. The summed E-state index contributed by atoms with van der Waals surface area (Å²) in [7, 11) is 0. The predicted molar refractivity (Wildman–Crippen MR) is 91.4 cm³/mol. The first-order valence-corrected chi connectivity index (χ1v) is 8.08. The van der Waals surface area contributed by atoms with E-state index in [1.807, 2.05) is 18.2 Å². The first-order valence-electron chi connectivity index (χ1n) is 7.26. The number of para-hydroxylation sites is 1. The number of thiazole rings is 1. The molecule has 24 heavy (non-hydrogen) atoms. The molecule has 0 unspecified atom stereocenters. The molecule has 1 N–H and O–H groups in total. The van der Waals surface area contributed by atoms with Gasteiger partial charge in [0.1, 0.15) is 5.56 Å². The lowest BCUT2D eigenvalue weighted by Gasteiger charge is -2.03. The first-order chi connectivity index (χ1) is 11.6. The number of aromatic nitrogens is 1. The van der Waals surface area contributed by atoms with Crippen LogP contribution < -0.4 is 5.32 Å². The third-order valence-corrected chi connectivity index (χ3v) is 4.86. The van der Waals surface area contributed by atoms with Crippen molar-refractivity contribution in [2.24, 2.45) is 0 Å². The third-order valence-electron chi connectivity index (χ3n) is 3.89. The molecule has 7 heteroatoms. The van der Waals surface area contributed by atoms with Crippen molar-refractivity contribution < 1.29 is 9.72 Å². The smallest absolute Gasteiger partial charge is 0.282 e. The normalized spacial score (nSPS) is 11.7. The average molecular weight is 337 g/mol. The largest absolute Gasteiger partial charge is 0.298 e. The van der Waals surface area contributed by atoms with Crippen LogP contribution in [-0.4, -0.2) is 15.8 Å². The van der Waals surface area contributed by atoms with Crippen molar-refractivity contribution in [2.75, 3.05) is 5.32 Å². The molecule has 1 aliphatic carbocycles.